The lowest BCUT2D eigenvalue weighted by atomic mass is 10.1. The molecule has 0 bridgehead atoms. The monoisotopic (exact) mass is 382 g/mol. The van der Waals surface area contributed by atoms with Gasteiger partial charge in [0.2, 0.25) is 5.91 Å². The minimum absolute atomic E-state index is 0.127. The quantitative estimate of drug-likeness (QED) is 0.747. The van der Waals surface area contributed by atoms with Gasteiger partial charge in [-0.15, -0.1) is 0 Å². The summed E-state index contributed by atoms with van der Waals surface area (Å²) in [5.41, 5.74) is 4.20. The van der Waals surface area contributed by atoms with E-state index in [-0.39, 0.29) is 12.5 Å². The Kier molecular flexibility index (Phi) is 7.32. The number of anilines is 1. The highest BCUT2D eigenvalue weighted by atomic mass is 16.5. The first kappa shape index (κ1) is 21.2. The average Bonchev–Trinajstić information content (AvgIpc) is 2.68. The van der Waals surface area contributed by atoms with E-state index < -0.39 is 18.5 Å². The molecule has 2 aromatic carbocycles. The fourth-order valence-corrected chi connectivity index (χ4v) is 2.63. The minimum atomic E-state index is -0.564. The molecule has 0 unspecified atom stereocenters. The lowest BCUT2D eigenvalue weighted by Gasteiger charge is -2.17. The number of amides is 2. The largest absolute Gasteiger partial charge is 0.452 e. The molecule has 0 atom stereocenters. The van der Waals surface area contributed by atoms with E-state index in [1.165, 1.54) is 11.9 Å². The van der Waals surface area contributed by atoms with Gasteiger partial charge in [-0.3, -0.25) is 9.59 Å². The lowest BCUT2D eigenvalue weighted by molar-refractivity contribution is -0.136. The first-order valence-electron chi connectivity index (χ1n) is 9.18. The number of carbonyl (C=O) groups is 3. The van der Waals surface area contributed by atoms with Crippen LogP contribution >= 0.6 is 0 Å². The van der Waals surface area contributed by atoms with Gasteiger partial charge in [-0.05, 0) is 55.2 Å². The molecular weight excluding hydrogens is 356 g/mol. The van der Waals surface area contributed by atoms with Crippen molar-refractivity contribution in [3.05, 3.63) is 64.7 Å². The van der Waals surface area contributed by atoms with Gasteiger partial charge in [-0.2, -0.15) is 0 Å². The summed E-state index contributed by atoms with van der Waals surface area (Å²) >= 11 is 0. The topological polar surface area (TPSA) is 75.7 Å². The Morgan fingerprint density at radius 3 is 2.43 bits per heavy atom. The second kappa shape index (κ2) is 9.69. The highest BCUT2D eigenvalue weighted by Crippen LogP contribution is 2.15. The number of nitrogens with zero attached hydrogens (tertiary/aromatic N) is 1. The van der Waals surface area contributed by atoms with Crippen LogP contribution in [-0.2, 0) is 20.7 Å². The van der Waals surface area contributed by atoms with E-state index in [2.05, 4.69) is 5.32 Å². The molecule has 28 heavy (non-hydrogen) atoms. The highest BCUT2D eigenvalue weighted by molar-refractivity contribution is 5.96. The molecule has 0 saturated carbocycles. The fraction of sp³-hybridized carbons (Fsp3) is 0.318. The number of ether oxygens (including phenoxy) is 1. The Morgan fingerprint density at radius 1 is 1.04 bits per heavy atom. The zero-order valence-electron chi connectivity index (χ0n) is 16.7. The van der Waals surface area contributed by atoms with Crippen molar-refractivity contribution in [2.75, 3.05) is 25.5 Å². The number of benzene rings is 2. The summed E-state index contributed by atoms with van der Waals surface area (Å²) in [6, 6.07) is 12.7. The summed E-state index contributed by atoms with van der Waals surface area (Å²) < 4.78 is 5.08. The molecule has 0 aromatic heterocycles. The van der Waals surface area contributed by atoms with Crippen LogP contribution in [0.3, 0.4) is 0 Å². The van der Waals surface area contributed by atoms with Crippen LogP contribution in [0.15, 0.2) is 42.5 Å². The van der Waals surface area contributed by atoms with E-state index in [0.29, 0.717) is 5.56 Å². The maximum atomic E-state index is 12.2. The summed E-state index contributed by atoms with van der Waals surface area (Å²) in [5, 5.41) is 2.81. The van der Waals surface area contributed by atoms with Crippen molar-refractivity contribution in [1.29, 1.82) is 0 Å². The molecule has 2 rings (SSSR count). The van der Waals surface area contributed by atoms with Crippen molar-refractivity contribution in [2.45, 2.75) is 27.2 Å². The van der Waals surface area contributed by atoms with E-state index in [0.717, 1.165) is 28.8 Å². The van der Waals surface area contributed by atoms with E-state index in [1.807, 2.05) is 51.1 Å². The normalized spacial score (nSPS) is 10.3. The van der Waals surface area contributed by atoms with Gasteiger partial charge >= 0.3 is 5.97 Å². The lowest BCUT2D eigenvalue weighted by Crippen LogP contribution is -2.37. The molecule has 0 spiro atoms. The number of hydrogen-bond donors (Lipinski definition) is 1. The standard InChI is InChI=1S/C22H26N2O4/c1-5-17-8-6-7-9-19(17)23-20(25)13-24(4)21(26)14-28-22(27)18-11-10-15(2)16(3)12-18/h6-12H,5,13-14H2,1-4H3,(H,23,25). The van der Waals surface area contributed by atoms with E-state index in [1.54, 1.807) is 12.1 Å². The molecule has 0 radical (unpaired) electrons. The zero-order chi connectivity index (χ0) is 20.7. The van der Waals surface area contributed by atoms with Crippen LogP contribution in [0, 0.1) is 13.8 Å². The van der Waals surface area contributed by atoms with Gasteiger partial charge < -0.3 is 15.0 Å². The number of carbonyl (C=O) groups excluding carboxylic acids is 3. The summed E-state index contributed by atoms with van der Waals surface area (Å²) in [7, 11) is 1.50. The Bertz CT molecular complexity index is 877. The summed E-state index contributed by atoms with van der Waals surface area (Å²) in [5.74, 6) is -1.32. The molecule has 0 heterocycles. The second-order valence-electron chi connectivity index (χ2n) is 6.68. The first-order valence-corrected chi connectivity index (χ1v) is 9.18. The van der Waals surface area contributed by atoms with Gasteiger partial charge in [0.25, 0.3) is 5.91 Å². The molecule has 2 aromatic rings. The molecule has 2 amide bonds. The van der Waals surface area contributed by atoms with Gasteiger partial charge in [0.15, 0.2) is 6.61 Å². The molecule has 6 heteroatoms. The molecule has 0 aliphatic heterocycles. The number of hydrogen-bond acceptors (Lipinski definition) is 4. The number of para-hydroxylation sites is 1. The number of likely N-dealkylation sites (N-methyl/N-ethyl adjacent to an activating group) is 1. The average molecular weight is 382 g/mol. The van der Waals surface area contributed by atoms with Gasteiger partial charge in [0, 0.05) is 12.7 Å². The zero-order valence-corrected chi connectivity index (χ0v) is 16.7. The van der Waals surface area contributed by atoms with Crippen LogP contribution in [0.2, 0.25) is 0 Å². The van der Waals surface area contributed by atoms with E-state index >= 15 is 0 Å². The molecule has 0 aliphatic rings. The van der Waals surface area contributed by atoms with Crippen LogP contribution in [0.4, 0.5) is 5.69 Å². The number of aryl methyl sites for hydroxylation is 3. The third-order valence-corrected chi connectivity index (χ3v) is 4.55. The van der Waals surface area contributed by atoms with Crippen molar-refractivity contribution in [3.63, 3.8) is 0 Å². The van der Waals surface area contributed by atoms with Crippen LogP contribution in [0.25, 0.3) is 0 Å². The smallest absolute Gasteiger partial charge is 0.338 e. The Morgan fingerprint density at radius 2 is 1.75 bits per heavy atom. The second-order valence-corrected chi connectivity index (χ2v) is 6.68. The maximum absolute atomic E-state index is 12.2. The summed E-state index contributed by atoms with van der Waals surface area (Å²) in [6.07, 6.45) is 0.791. The number of esters is 1. The van der Waals surface area contributed by atoms with Crippen LogP contribution in [0.5, 0.6) is 0 Å². The minimum Gasteiger partial charge on any atom is -0.452 e. The van der Waals surface area contributed by atoms with E-state index in [9.17, 15) is 14.4 Å². The Labute approximate surface area is 165 Å². The molecule has 0 fully saturated rings. The predicted octanol–water partition coefficient (Wildman–Crippen LogP) is 3.12. The van der Waals surface area contributed by atoms with Crippen molar-refractivity contribution < 1.29 is 19.1 Å². The van der Waals surface area contributed by atoms with Crippen molar-refractivity contribution >= 4 is 23.5 Å². The maximum Gasteiger partial charge on any atom is 0.338 e. The van der Waals surface area contributed by atoms with Gasteiger partial charge in [-0.1, -0.05) is 31.2 Å². The predicted molar refractivity (Wildman–Crippen MR) is 108 cm³/mol. The van der Waals surface area contributed by atoms with Gasteiger partial charge in [0.05, 0.1) is 12.1 Å². The number of rotatable bonds is 7. The van der Waals surface area contributed by atoms with Gasteiger partial charge in [0.1, 0.15) is 0 Å². The summed E-state index contributed by atoms with van der Waals surface area (Å²) in [6.45, 7) is 5.32. The Balaban J connectivity index is 1.85. The molecule has 6 nitrogen and oxygen atoms in total. The van der Waals surface area contributed by atoms with E-state index in [4.69, 9.17) is 4.74 Å². The first-order chi connectivity index (χ1) is 13.3. The molecule has 0 saturated heterocycles. The van der Waals surface area contributed by atoms with Crippen LogP contribution in [-0.4, -0.2) is 42.9 Å². The van der Waals surface area contributed by atoms with Crippen molar-refractivity contribution in [3.8, 4) is 0 Å². The van der Waals surface area contributed by atoms with Gasteiger partial charge in [-0.25, -0.2) is 4.79 Å². The van der Waals surface area contributed by atoms with Crippen LogP contribution < -0.4 is 5.32 Å². The Hall–Kier alpha value is -3.15. The van der Waals surface area contributed by atoms with Crippen molar-refractivity contribution in [2.24, 2.45) is 0 Å². The molecular formula is C22H26N2O4. The third-order valence-electron chi connectivity index (χ3n) is 4.55. The van der Waals surface area contributed by atoms with Crippen molar-refractivity contribution in [1.82, 2.24) is 4.90 Å². The fourth-order valence-electron chi connectivity index (χ4n) is 2.63. The highest BCUT2D eigenvalue weighted by Gasteiger charge is 2.17. The molecule has 148 valence electrons. The molecule has 0 aliphatic carbocycles. The summed E-state index contributed by atoms with van der Waals surface area (Å²) in [4.78, 5) is 37.7. The third kappa shape index (κ3) is 5.67. The number of nitrogens with one attached hydrogen (secondary N) is 1. The SMILES string of the molecule is CCc1ccccc1NC(=O)CN(C)C(=O)COC(=O)c1ccc(C)c(C)c1. The molecule has 1 N–H and O–H groups in total. The van der Waals surface area contributed by atoms with Crippen LogP contribution in [0.1, 0.15) is 34.0 Å².